The summed E-state index contributed by atoms with van der Waals surface area (Å²) in [6.07, 6.45) is 2.91. The van der Waals surface area contributed by atoms with Gasteiger partial charge in [0.05, 0.1) is 49.5 Å². The van der Waals surface area contributed by atoms with Gasteiger partial charge in [0.2, 0.25) is 15.9 Å². The Morgan fingerprint density at radius 1 is 1.21 bits per heavy atom. The second-order valence-corrected chi connectivity index (χ2v) is 9.77. The lowest BCUT2D eigenvalue weighted by Gasteiger charge is -2.34. The Hall–Kier alpha value is -1.64. The first-order chi connectivity index (χ1) is 13.4. The van der Waals surface area contributed by atoms with E-state index < -0.39 is 10.0 Å². The van der Waals surface area contributed by atoms with Crippen LogP contribution in [0.2, 0.25) is 0 Å². The summed E-state index contributed by atoms with van der Waals surface area (Å²) in [4.78, 5) is 16.6. The Morgan fingerprint density at radius 3 is 2.39 bits per heavy atom. The summed E-state index contributed by atoms with van der Waals surface area (Å²) in [7, 11) is -1.39. The van der Waals surface area contributed by atoms with Crippen molar-refractivity contribution >= 4 is 27.3 Å². The van der Waals surface area contributed by atoms with Gasteiger partial charge in [-0.15, -0.1) is 0 Å². The van der Waals surface area contributed by atoms with Gasteiger partial charge >= 0.3 is 0 Å². The van der Waals surface area contributed by atoms with E-state index in [2.05, 4.69) is 17.3 Å². The van der Waals surface area contributed by atoms with Crippen molar-refractivity contribution in [2.45, 2.75) is 38.0 Å². The standard InChI is InChI=1S/C20H32N4O3S/c1-4-24(5-2)28(26,27)17-9-10-19(23-13-11-22(3)12-14-23)18(15-17)21-20(25)16-7-6-8-16/h9-10,15-16H,4-8,11-14H2,1-3H3,(H,21,25)/p+1. The van der Waals surface area contributed by atoms with Gasteiger partial charge < -0.3 is 15.1 Å². The maximum absolute atomic E-state index is 13.0. The molecule has 0 radical (unpaired) electrons. The van der Waals surface area contributed by atoms with Crippen LogP contribution >= 0.6 is 0 Å². The highest BCUT2D eigenvalue weighted by molar-refractivity contribution is 7.89. The maximum Gasteiger partial charge on any atom is 0.243 e. The molecule has 0 unspecified atom stereocenters. The van der Waals surface area contributed by atoms with E-state index in [1.54, 1.807) is 12.1 Å². The summed E-state index contributed by atoms with van der Waals surface area (Å²) < 4.78 is 27.4. The number of carbonyl (C=O) groups excluding carboxylic acids is 1. The van der Waals surface area contributed by atoms with Gasteiger partial charge in [-0.05, 0) is 31.0 Å². The molecule has 156 valence electrons. The van der Waals surface area contributed by atoms with E-state index in [0.29, 0.717) is 18.8 Å². The zero-order valence-corrected chi connectivity index (χ0v) is 18.0. The van der Waals surface area contributed by atoms with E-state index in [1.165, 1.54) is 9.21 Å². The highest BCUT2D eigenvalue weighted by Gasteiger charge is 2.29. The number of anilines is 2. The number of piperazine rings is 1. The molecule has 1 saturated heterocycles. The largest absolute Gasteiger partial charge is 0.359 e. The van der Waals surface area contributed by atoms with E-state index in [4.69, 9.17) is 0 Å². The Labute approximate surface area is 168 Å². The highest BCUT2D eigenvalue weighted by Crippen LogP contribution is 2.33. The summed E-state index contributed by atoms with van der Waals surface area (Å²) in [6, 6.07) is 5.17. The van der Waals surface area contributed by atoms with Gasteiger partial charge in [-0.1, -0.05) is 20.3 Å². The number of amides is 1. The number of rotatable bonds is 7. The van der Waals surface area contributed by atoms with E-state index in [9.17, 15) is 13.2 Å². The number of likely N-dealkylation sites (N-methyl/N-ethyl adjacent to an activating group) is 1. The zero-order valence-electron chi connectivity index (χ0n) is 17.2. The molecule has 28 heavy (non-hydrogen) atoms. The lowest BCUT2D eigenvalue weighted by Crippen LogP contribution is -3.12. The van der Waals surface area contributed by atoms with Gasteiger partial charge in [-0.3, -0.25) is 4.79 Å². The second kappa shape index (κ2) is 8.80. The predicted molar refractivity (Wildman–Crippen MR) is 111 cm³/mol. The van der Waals surface area contributed by atoms with Gasteiger partial charge in [0.15, 0.2) is 0 Å². The molecule has 1 heterocycles. The van der Waals surface area contributed by atoms with E-state index in [1.807, 2.05) is 19.9 Å². The molecule has 8 heteroatoms. The van der Waals surface area contributed by atoms with Crippen molar-refractivity contribution in [1.82, 2.24) is 4.31 Å². The number of nitrogens with zero attached hydrogens (tertiary/aromatic N) is 2. The number of nitrogens with one attached hydrogen (secondary N) is 2. The van der Waals surface area contributed by atoms with Gasteiger partial charge in [-0.25, -0.2) is 8.42 Å². The maximum atomic E-state index is 13.0. The summed E-state index contributed by atoms with van der Waals surface area (Å²) in [5.74, 6) is 0.0532. The van der Waals surface area contributed by atoms with E-state index >= 15 is 0 Å². The SMILES string of the molecule is CCN(CC)S(=O)(=O)c1ccc(N2CC[NH+](C)CC2)c(NC(=O)C2CCC2)c1. The summed E-state index contributed by atoms with van der Waals surface area (Å²) in [6.45, 7) is 8.34. The first kappa shape index (κ1) is 21.1. The number of carbonyl (C=O) groups is 1. The molecular weight excluding hydrogens is 376 g/mol. The van der Waals surface area contributed by atoms with Crippen molar-refractivity contribution in [3.05, 3.63) is 18.2 Å². The lowest BCUT2D eigenvalue weighted by molar-refractivity contribution is -0.880. The van der Waals surface area contributed by atoms with Crippen molar-refractivity contribution in [2.75, 3.05) is 56.5 Å². The molecule has 1 saturated carbocycles. The smallest absolute Gasteiger partial charge is 0.243 e. The summed E-state index contributed by atoms with van der Waals surface area (Å²) in [5.41, 5.74) is 1.53. The minimum absolute atomic E-state index is 0.00430. The Kier molecular flexibility index (Phi) is 6.62. The lowest BCUT2D eigenvalue weighted by atomic mass is 9.85. The molecule has 3 rings (SSSR count). The zero-order chi connectivity index (χ0) is 20.3. The average molecular weight is 410 g/mol. The molecular formula is C20H33N4O3S+. The topological polar surface area (TPSA) is 74.2 Å². The van der Waals surface area contributed by atoms with Crippen molar-refractivity contribution in [1.29, 1.82) is 0 Å². The third kappa shape index (κ3) is 4.34. The molecule has 1 aromatic rings. The van der Waals surface area contributed by atoms with Gasteiger partial charge in [0, 0.05) is 19.0 Å². The summed E-state index contributed by atoms with van der Waals surface area (Å²) >= 11 is 0. The summed E-state index contributed by atoms with van der Waals surface area (Å²) in [5, 5.41) is 3.04. The monoisotopic (exact) mass is 409 g/mol. The van der Waals surface area contributed by atoms with Crippen LogP contribution in [0.25, 0.3) is 0 Å². The minimum atomic E-state index is -3.57. The van der Waals surface area contributed by atoms with Crippen molar-refractivity contribution < 1.29 is 18.1 Å². The number of sulfonamides is 1. The molecule has 7 nitrogen and oxygen atoms in total. The molecule has 1 aliphatic carbocycles. The van der Waals surface area contributed by atoms with E-state index in [-0.39, 0.29) is 16.7 Å². The molecule has 0 bridgehead atoms. The first-order valence-electron chi connectivity index (χ1n) is 10.4. The van der Waals surface area contributed by atoms with Crippen LogP contribution in [0, 0.1) is 5.92 Å². The first-order valence-corrected chi connectivity index (χ1v) is 11.8. The Balaban J connectivity index is 1.94. The van der Waals surface area contributed by atoms with Crippen molar-refractivity contribution in [3.8, 4) is 0 Å². The molecule has 2 fully saturated rings. The predicted octanol–water partition coefficient (Wildman–Crippen LogP) is 0.790. The number of hydrogen-bond acceptors (Lipinski definition) is 4. The van der Waals surface area contributed by atoms with Crippen molar-refractivity contribution in [3.63, 3.8) is 0 Å². The highest BCUT2D eigenvalue weighted by atomic mass is 32.2. The van der Waals surface area contributed by atoms with Crippen LogP contribution in [0.15, 0.2) is 23.1 Å². The molecule has 2 aliphatic rings. The van der Waals surface area contributed by atoms with Crippen LogP contribution in [0.1, 0.15) is 33.1 Å². The van der Waals surface area contributed by atoms with Crippen molar-refractivity contribution in [2.24, 2.45) is 5.92 Å². The van der Waals surface area contributed by atoms with Crippen LogP contribution in [0.4, 0.5) is 11.4 Å². The molecule has 1 aliphatic heterocycles. The molecule has 0 spiro atoms. The quantitative estimate of drug-likeness (QED) is 0.698. The van der Waals surface area contributed by atoms with Gasteiger partial charge in [-0.2, -0.15) is 4.31 Å². The van der Waals surface area contributed by atoms with Crippen LogP contribution in [-0.4, -0.2) is 64.9 Å². The molecule has 0 aromatic heterocycles. The second-order valence-electron chi connectivity index (χ2n) is 7.83. The van der Waals surface area contributed by atoms with E-state index in [0.717, 1.165) is 51.1 Å². The number of benzene rings is 1. The fraction of sp³-hybridized carbons (Fsp3) is 0.650. The average Bonchev–Trinajstić information content (AvgIpc) is 2.62. The van der Waals surface area contributed by atoms with Gasteiger partial charge in [0.25, 0.3) is 0 Å². The molecule has 2 N–H and O–H groups in total. The fourth-order valence-electron chi connectivity index (χ4n) is 3.80. The van der Waals surface area contributed by atoms with Crippen LogP contribution in [0.3, 0.4) is 0 Å². The van der Waals surface area contributed by atoms with Crippen LogP contribution < -0.4 is 15.1 Å². The third-order valence-electron chi connectivity index (χ3n) is 6.00. The normalized spacial score (nSPS) is 18.9. The van der Waals surface area contributed by atoms with Gasteiger partial charge in [0.1, 0.15) is 0 Å². The Morgan fingerprint density at radius 2 is 1.86 bits per heavy atom. The molecule has 1 amide bonds. The van der Waals surface area contributed by atoms with Crippen LogP contribution in [0.5, 0.6) is 0 Å². The minimum Gasteiger partial charge on any atom is -0.359 e. The molecule has 0 atom stereocenters. The number of quaternary nitrogens is 1. The fourth-order valence-corrected chi connectivity index (χ4v) is 5.28. The third-order valence-corrected chi connectivity index (χ3v) is 8.05. The van der Waals surface area contributed by atoms with Crippen LogP contribution in [-0.2, 0) is 14.8 Å². The Bertz CT molecular complexity index is 796. The molecule has 1 aromatic carbocycles. The number of hydrogen-bond donors (Lipinski definition) is 2.